The van der Waals surface area contributed by atoms with E-state index in [4.69, 9.17) is 14.9 Å². The molecule has 0 aromatic heterocycles. The molecule has 4 N–H and O–H groups in total. The first-order valence-corrected chi connectivity index (χ1v) is 13.6. The van der Waals surface area contributed by atoms with Gasteiger partial charge in [0, 0.05) is 40.9 Å². The number of carbonyl (C=O) groups is 2. The zero-order valence-corrected chi connectivity index (χ0v) is 22.4. The highest BCUT2D eigenvalue weighted by Gasteiger charge is 2.30. The van der Waals surface area contributed by atoms with Crippen LogP contribution in [0.3, 0.4) is 0 Å². The number of carboxylic acid groups (broad SMARTS) is 2. The molecule has 3 rings (SSSR count). The Balaban J connectivity index is 0.000000662. The molecule has 1 heterocycles. The van der Waals surface area contributed by atoms with E-state index in [0.717, 1.165) is 36.5 Å². The van der Waals surface area contributed by atoms with Crippen LogP contribution in [0.5, 0.6) is 5.75 Å². The number of aliphatic carboxylic acids is 2. The summed E-state index contributed by atoms with van der Waals surface area (Å²) < 4.78 is 5.58. The maximum Gasteiger partial charge on any atom is 0.304 e. The van der Waals surface area contributed by atoms with E-state index in [2.05, 4.69) is 30.5 Å². The van der Waals surface area contributed by atoms with Crippen LogP contribution in [0, 0.1) is 0 Å². The molecular formula is C28H40N2O5S. The van der Waals surface area contributed by atoms with E-state index in [0.29, 0.717) is 6.54 Å². The Kier molecular flexibility index (Phi) is 12.8. The molecule has 0 aliphatic carbocycles. The van der Waals surface area contributed by atoms with Crippen LogP contribution in [0.25, 0.3) is 0 Å². The number of carboxylic acids is 2. The second-order valence-corrected chi connectivity index (χ2v) is 10.1. The molecule has 0 radical (unpaired) electrons. The predicted octanol–water partition coefficient (Wildman–Crippen LogP) is 5.32. The van der Waals surface area contributed by atoms with E-state index in [1.54, 1.807) is 7.11 Å². The molecule has 36 heavy (non-hydrogen) atoms. The molecule has 0 fully saturated rings. The Morgan fingerprint density at radius 3 is 2.19 bits per heavy atom. The number of unbranched alkanes of at least 4 members (excludes halogenated alkanes) is 1. The van der Waals surface area contributed by atoms with Crippen molar-refractivity contribution in [2.45, 2.75) is 81.9 Å². The Morgan fingerprint density at radius 2 is 1.69 bits per heavy atom. The Bertz CT molecular complexity index is 914. The van der Waals surface area contributed by atoms with Crippen molar-refractivity contribution in [3.8, 4) is 5.75 Å². The molecule has 1 aliphatic rings. The maximum atomic E-state index is 11.1. The minimum atomic E-state index is -1.02. The van der Waals surface area contributed by atoms with Gasteiger partial charge in [0.25, 0.3) is 0 Å². The third-order valence-electron chi connectivity index (χ3n) is 6.40. The Hall–Kier alpha value is -2.55. The van der Waals surface area contributed by atoms with Crippen LogP contribution in [-0.2, 0) is 22.7 Å². The number of nitrogens with one attached hydrogen (secondary N) is 2. The van der Waals surface area contributed by atoms with Gasteiger partial charge in [-0.15, -0.1) is 11.8 Å². The summed E-state index contributed by atoms with van der Waals surface area (Å²) in [5.74, 6) is -0.318. The van der Waals surface area contributed by atoms with Crippen molar-refractivity contribution in [2.75, 3.05) is 12.9 Å². The Morgan fingerprint density at radius 1 is 1.08 bits per heavy atom. The summed E-state index contributed by atoms with van der Waals surface area (Å²) in [5.41, 5.74) is 2.22. The summed E-state index contributed by atoms with van der Waals surface area (Å²) >= 11 is 1.85. The molecule has 0 saturated carbocycles. The molecular weight excluding hydrogens is 476 g/mol. The summed E-state index contributed by atoms with van der Waals surface area (Å²) in [6, 6.07) is 15.5. The van der Waals surface area contributed by atoms with Gasteiger partial charge < -0.3 is 25.6 Å². The third-order valence-corrected chi connectivity index (χ3v) is 7.78. The number of thioether (sulfide) groups is 1. The molecule has 8 heteroatoms. The minimum Gasteiger partial charge on any atom is -0.496 e. The van der Waals surface area contributed by atoms with Crippen molar-refractivity contribution in [2.24, 2.45) is 0 Å². The lowest BCUT2D eigenvalue weighted by atomic mass is 9.91. The summed E-state index contributed by atoms with van der Waals surface area (Å²) in [6.07, 6.45) is 4.12. The molecule has 7 nitrogen and oxygen atoms in total. The van der Waals surface area contributed by atoms with E-state index in [1.165, 1.54) is 23.3 Å². The highest BCUT2D eigenvalue weighted by molar-refractivity contribution is 7.99. The van der Waals surface area contributed by atoms with Gasteiger partial charge in [0.15, 0.2) is 0 Å². The normalized spacial score (nSPS) is 16.9. The van der Waals surface area contributed by atoms with Crippen molar-refractivity contribution in [3.05, 3.63) is 59.7 Å². The molecule has 1 aliphatic heterocycles. The Labute approximate surface area is 219 Å². The molecule has 0 unspecified atom stereocenters. The lowest BCUT2D eigenvalue weighted by molar-refractivity contribution is -0.139. The molecule has 1 atom stereocenters. The average molecular weight is 517 g/mol. The van der Waals surface area contributed by atoms with Gasteiger partial charge in [0.1, 0.15) is 5.75 Å². The van der Waals surface area contributed by atoms with Crippen LogP contribution in [0.2, 0.25) is 0 Å². The molecule has 2 aromatic carbocycles. The standard InChI is InChI=1S/C22H34N2O5S.C6H6/c1-4-6-7-22(5-2)14-30-19-9-15(18(29-3)8-16(19)13-24-22)12-23-17(10-20(25)26)11-21(27)28;1-2-4-6-5-3-1/h8-9,17,23-24H,4-7,10-14H2,1-3H3,(H,25,26)(H,27,28);1-6H/t22-;/m1./s1. The summed E-state index contributed by atoms with van der Waals surface area (Å²) in [6.45, 7) is 5.59. The molecule has 2 aromatic rings. The van der Waals surface area contributed by atoms with Gasteiger partial charge in [-0.25, -0.2) is 0 Å². The van der Waals surface area contributed by atoms with Gasteiger partial charge in [0.05, 0.1) is 20.0 Å². The van der Waals surface area contributed by atoms with Crippen LogP contribution >= 0.6 is 11.8 Å². The highest BCUT2D eigenvalue weighted by Crippen LogP contribution is 2.37. The lowest BCUT2D eigenvalue weighted by Crippen LogP contribution is -2.45. The van der Waals surface area contributed by atoms with E-state index < -0.39 is 18.0 Å². The smallest absolute Gasteiger partial charge is 0.304 e. The van der Waals surface area contributed by atoms with Crippen LogP contribution < -0.4 is 15.4 Å². The fourth-order valence-electron chi connectivity index (χ4n) is 4.15. The second-order valence-electron chi connectivity index (χ2n) is 9.08. The van der Waals surface area contributed by atoms with Crippen molar-refractivity contribution < 1.29 is 24.5 Å². The largest absolute Gasteiger partial charge is 0.496 e. The summed E-state index contributed by atoms with van der Waals surface area (Å²) in [5, 5.41) is 25.0. The SMILES string of the molecule is CCCC[C@]1(CC)CSc2cc(CNC(CC(=O)O)CC(=O)O)c(OC)cc2CN1.c1ccccc1. The van der Waals surface area contributed by atoms with Crippen molar-refractivity contribution in [1.82, 2.24) is 10.6 Å². The molecule has 0 bridgehead atoms. The van der Waals surface area contributed by atoms with E-state index in [-0.39, 0.29) is 18.4 Å². The van der Waals surface area contributed by atoms with E-state index in [9.17, 15) is 9.59 Å². The number of fused-ring (bicyclic) bond motifs is 1. The van der Waals surface area contributed by atoms with Crippen LogP contribution in [0.15, 0.2) is 53.4 Å². The van der Waals surface area contributed by atoms with Crippen molar-refractivity contribution in [3.63, 3.8) is 0 Å². The second kappa shape index (κ2) is 15.5. The highest BCUT2D eigenvalue weighted by atomic mass is 32.2. The number of benzene rings is 2. The molecule has 0 spiro atoms. The molecule has 0 saturated heterocycles. The van der Waals surface area contributed by atoms with E-state index >= 15 is 0 Å². The van der Waals surface area contributed by atoms with E-state index in [1.807, 2.05) is 54.2 Å². The quantitative estimate of drug-likeness (QED) is 0.300. The maximum absolute atomic E-state index is 11.1. The van der Waals surface area contributed by atoms with Crippen LogP contribution in [0.1, 0.15) is 63.5 Å². The number of methoxy groups -OCH3 is 1. The first-order chi connectivity index (χ1) is 17.3. The first-order valence-electron chi connectivity index (χ1n) is 12.6. The third kappa shape index (κ3) is 9.84. The predicted molar refractivity (Wildman–Crippen MR) is 145 cm³/mol. The van der Waals surface area contributed by atoms with Crippen molar-refractivity contribution >= 4 is 23.7 Å². The lowest BCUT2D eigenvalue weighted by Gasteiger charge is -2.32. The number of hydrogen-bond donors (Lipinski definition) is 4. The molecule has 198 valence electrons. The number of ether oxygens (including phenoxy) is 1. The first kappa shape index (κ1) is 29.7. The monoisotopic (exact) mass is 516 g/mol. The minimum absolute atomic E-state index is 0.124. The number of rotatable bonds is 12. The van der Waals surface area contributed by atoms with Crippen molar-refractivity contribution in [1.29, 1.82) is 0 Å². The van der Waals surface area contributed by atoms with Gasteiger partial charge in [0.2, 0.25) is 0 Å². The van der Waals surface area contributed by atoms with Gasteiger partial charge in [-0.1, -0.05) is 63.1 Å². The fraction of sp³-hybridized carbons (Fsp3) is 0.500. The number of hydrogen-bond acceptors (Lipinski definition) is 6. The average Bonchev–Trinajstić information content (AvgIpc) is 3.05. The van der Waals surface area contributed by atoms with Crippen LogP contribution in [0.4, 0.5) is 0 Å². The fourth-order valence-corrected chi connectivity index (χ4v) is 5.58. The van der Waals surface area contributed by atoms with Crippen LogP contribution in [-0.4, -0.2) is 46.6 Å². The summed E-state index contributed by atoms with van der Waals surface area (Å²) in [4.78, 5) is 23.3. The van der Waals surface area contributed by atoms with Gasteiger partial charge >= 0.3 is 11.9 Å². The zero-order chi connectivity index (χ0) is 26.4. The zero-order valence-electron chi connectivity index (χ0n) is 21.6. The van der Waals surface area contributed by atoms with Gasteiger partial charge in [-0.05, 0) is 30.5 Å². The topological polar surface area (TPSA) is 108 Å². The van der Waals surface area contributed by atoms with Gasteiger partial charge in [-0.2, -0.15) is 0 Å². The van der Waals surface area contributed by atoms with Gasteiger partial charge in [-0.3, -0.25) is 9.59 Å². The molecule has 0 amide bonds. The summed E-state index contributed by atoms with van der Waals surface area (Å²) in [7, 11) is 1.62.